The molecule has 2 aromatic heterocycles. The molecule has 1 amide bonds. The molecular weight excluding hydrogens is 438 g/mol. The summed E-state index contributed by atoms with van der Waals surface area (Å²) in [7, 11) is 0. The van der Waals surface area contributed by atoms with Gasteiger partial charge in [0.25, 0.3) is 5.91 Å². The van der Waals surface area contributed by atoms with Crippen molar-refractivity contribution in [3.63, 3.8) is 0 Å². The van der Waals surface area contributed by atoms with Gasteiger partial charge in [0, 0.05) is 34.4 Å². The molecule has 0 saturated heterocycles. The van der Waals surface area contributed by atoms with E-state index in [1.807, 2.05) is 42.5 Å². The largest absolute Gasteiger partial charge is 0.331 e. The SMILES string of the molecule is O=C(c1sc2ccccc2c1Cl)N(Cc1cccc(-c2ccncn2)c1)C1CCCCC1. The maximum absolute atomic E-state index is 13.8. The molecule has 0 atom stereocenters. The molecule has 32 heavy (non-hydrogen) atoms. The van der Waals surface area contributed by atoms with Crippen molar-refractivity contribution in [1.82, 2.24) is 14.9 Å². The second-order valence-corrected chi connectivity index (χ2v) is 9.69. The lowest BCUT2D eigenvalue weighted by molar-refractivity contribution is 0.0619. The number of rotatable bonds is 5. The third kappa shape index (κ3) is 4.27. The average Bonchev–Trinajstić information content (AvgIpc) is 3.20. The standard InChI is InChI=1S/C26H24ClN3OS/c27-24-21-11-4-5-12-23(21)32-25(24)26(31)30(20-9-2-1-3-10-20)16-18-7-6-8-19(15-18)22-13-14-28-17-29-22/h4-8,11-15,17,20H,1-3,9-10,16H2. The molecule has 6 heteroatoms. The lowest BCUT2D eigenvalue weighted by atomic mass is 9.93. The highest BCUT2D eigenvalue weighted by Gasteiger charge is 2.29. The van der Waals surface area contributed by atoms with Crippen molar-refractivity contribution >= 4 is 38.9 Å². The number of benzene rings is 2. The Balaban J connectivity index is 1.49. The highest BCUT2D eigenvalue weighted by Crippen LogP contribution is 2.37. The Bertz CT molecular complexity index is 1230. The Morgan fingerprint density at radius 3 is 2.69 bits per heavy atom. The van der Waals surface area contributed by atoms with Crippen molar-refractivity contribution < 1.29 is 4.79 Å². The van der Waals surface area contributed by atoms with Crippen molar-refractivity contribution in [2.75, 3.05) is 0 Å². The number of carbonyl (C=O) groups excluding carboxylic acids is 1. The molecule has 0 unspecified atom stereocenters. The van der Waals surface area contributed by atoms with Crippen LogP contribution in [-0.4, -0.2) is 26.8 Å². The number of hydrogen-bond donors (Lipinski definition) is 0. The van der Waals surface area contributed by atoms with Crippen LogP contribution < -0.4 is 0 Å². The molecule has 1 aliphatic carbocycles. The van der Waals surface area contributed by atoms with Crippen LogP contribution in [0.5, 0.6) is 0 Å². The van der Waals surface area contributed by atoms with Crippen LogP contribution in [0.15, 0.2) is 67.1 Å². The number of amides is 1. The summed E-state index contributed by atoms with van der Waals surface area (Å²) in [4.78, 5) is 24.9. The first-order valence-electron chi connectivity index (χ1n) is 11.0. The van der Waals surface area contributed by atoms with Gasteiger partial charge < -0.3 is 4.90 Å². The van der Waals surface area contributed by atoms with Gasteiger partial charge in [-0.2, -0.15) is 0 Å². The maximum Gasteiger partial charge on any atom is 0.266 e. The van der Waals surface area contributed by atoms with E-state index in [1.165, 1.54) is 17.8 Å². The van der Waals surface area contributed by atoms with Gasteiger partial charge in [-0.05, 0) is 36.6 Å². The molecule has 0 N–H and O–H groups in total. The van der Waals surface area contributed by atoms with Crippen LogP contribution >= 0.6 is 22.9 Å². The number of halogens is 1. The molecule has 0 spiro atoms. The number of aromatic nitrogens is 2. The molecule has 162 valence electrons. The summed E-state index contributed by atoms with van der Waals surface area (Å²) in [5.41, 5.74) is 3.00. The van der Waals surface area contributed by atoms with E-state index in [0.29, 0.717) is 16.4 Å². The highest BCUT2D eigenvalue weighted by molar-refractivity contribution is 7.21. The molecule has 5 rings (SSSR count). The quantitative estimate of drug-likeness (QED) is 0.322. The van der Waals surface area contributed by atoms with Gasteiger partial charge in [0.15, 0.2) is 0 Å². The Morgan fingerprint density at radius 2 is 1.91 bits per heavy atom. The summed E-state index contributed by atoms with van der Waals surface area (Å²) in [6.45, 7) is 0.562. The number of nitrogens with zero attached hydrogens (tertiary/aromatic N) is 3. The average molecular weight is 462 g/mol. The molecule has 1 saturated carbocycles. The zero-order valence-corrected chi connectivity index (χ0v) is 19.3. The van der Waals surface area contributed by atoms with E-state index >= 15 is 0 Å². The predicted molar refractivity (Wildman–Crippen MR) is 131 cm³/mol. The van der Waals surface area contributed by atoms with Crippen LogP contribution in [-0.2, 0) is 6.54 Å². The first kappa shape index (κ1) is 21.1. The van der Waals surface area contributed by atoms with Crippen molar-refractivity contribution in [2.24, 2.45) is 0 Å². The zero-order chi connectivity index (χ0) is 21.9. The fourth-order valence-corrected chi connectivity index (χ4v) is 6.00. The number of thiophene rings is 1. The van der Waals surface area contributed by atoms with Crippen LogP contribution in [0, 0.1) is 0 Å². The Labute approximate surface area is 196 Å². The van der Waals surface area contributed by atoms with Crippen LogP contribution in [0.1, 0.15) is 47.3 Å². The minimum absolute atomic E-state index is 0.0375. The monoisotopic (exact) mass is 461 g/mol. The lowest BCUT2D eigenvalue weighted by Crippen LogP contribution is -2.40. The molecular formula is C26H24ClN3OS. The second kappa shape index (κ2) is 9.39. The molecule has 0 radical (unpaired) electrons. The Kier molecular flexibility index (Phi) is 6.19. The van der Waals surface area contributed by atoms with Crippen molar-refractivity contribution in [1.29, 1.82) is 0 Å². The van der Waals surface area contributed by atoms with E-state index in [-0.39, 0.29) is 11.9 Å². The van der Waals surface area contributed by atoms with E-state index in [2.05, 4.69) is 27.0 Å². The Hall–Kier alpha value is -2.76. The summed E-state index contributed by atoms with van der Waals surface area (Å²) in [6.07, 6.45) is 8.95. The third-order valence-electron chi connectivity index (χ3n) is 6.16. The normalized spacial score (nSPS) is 14.5. The molecule has 2 heterocycles. The van der Waals surface area contributed by atoms with Gasteiger partial charge >= 0.3 is 0 Å². The van der Waals surface area contributed by atoms with Gasteiger partial charge in [0.2, 0.25) is 0 Å². The van der Waals surface area contributed by atoms with Crippen molar-refractivity contribution in [3.05, 3.63) is 82.6 Å². The van der Waals surface area contributed by atoms with Gasteiger partial charge in [-0.15, -0.1) is 11.3 Å². The van der Waals surface area contributed by atoms with Gasteiger partial charge in [-0.25, -0.2) is 9.97 Å². The fourth-order valence-electron chi connectivity index (χ4n) is 4.53. The van der Waals surface area contributed by atoms with Crippen LogP contribution in [0.2, 0.25) is 5.02 Å². The molecule has 4 aromatic rings. The molecule has 1 fully saturated rings. The van der Waals surface area contributed by atoms with E-state index in [9.17, 15) is 4.79 Å². The van der Waals surface area contributed by atoms with Crippen LogP contribution in [0.4, 0.5) is 0 Å². The van der Waals surface area contributed by atoms with Crippen molar-refractivity contribution in [3.8, 4) is 11.3 Å². The van der Waals surface area contributed by atoms with E-state index in [1.54, 1.807) is 12.5 Å². The summed E-state index contributed by atoms with van der Waals surface area (Å²) in [5, 5.41) is 1.53. The fraction of sp³-hybridized carbons (Fsp3) is 0.269. The van der Waals surface area contributed by atoms with Crippen LogP contribution in [0.25, 0.3) is 21.3 Å². The smallest absolute Gasteiger partial charge is 0.266 e. The maximum atomic E-state index is 13.8. The van der Waals surface area contributed by atoms with Crippen LogP contribution in [0.3, 0.4) is 0 Å². The van der Waals surface area contributed by atoms with E-state index in [4.69, 9.17) is 11.6 Å². The molecule has 0 bridgehead atoms. The second-order valence-electron chi connectivity index (χ2n) is 8.26. The van der Waals surface area contributed by atoms with Crippen molar-refractivity contribution in [2.45, 2.75) is 44.7 Å². The molecule has 0 aliphatic heterocycles. The number of carbonyl (C=O) groups is 1. The highest BCUT2D eigenvalue weighted by atomic mass is 35.5. The topological polar surface area (TPSA) is 46.1 Å². The molecule has 2 aromatic carbocycles. The molecule has 1 aliphatic rings. The zero-order valence-electron chi connectivity index (χ0n) is 17.7. The summed E-state index contributed by atoms with van der Waals surface area (Å²) in [5.74, 6) is 0.0375. The van der Waals surface area contributed by atoms with Gasteiger partial charge in [0.1, 0.15) is 11.2 Å². The number of hydrogen-bond acceptors (Lipinski definition) is 4. The first-order valence-corrected chi connectivity index (χ1v) is 12.2. The Morgan fingerprint density at radius 1 is 1.06 bits per heavy atom. The predicted octanol–water partition coefficient (Wildman–Crippen LogP) is 6.99. The summed E-state index contributed by atoms with van der Waals surface area (Å²) < 4.78 is 1.05. The summed E-state index contributed by atoms with van der Waals surface area (Å²) >= 11 is 8.19. The van der Waals surface area contributed by atoms with Gasteiger partial charge in [-0.3, -0.25) is 4.79 Å². The van der Waals surface area contributed by atoms with E-state index < -0.39 is 0 Å². The minimum atomic E-state index is 0.0375. The van der Waals surface area contributed by atoms with E-state index in [0.717, 1.165) is 52.6 Å². The third-order valence-corrected chi connectivity index (χ3v) is 7.83. The lowest BCUT2D eigenvalue weighted by Gasteiger charge is -2.34. The molecule has 4 nitrogen and oxygen atoms in total. The summed E-state index contributed by atoms with van der Waals surface area (Å²) in [6, 6.07) is 18.4. The number of fused-ring (bicyclic) bond motifs is 1. The first-order chi connectivity index (χ1) is 15.7. The van der Waals surface area contributed by atoms with Gasteiger partial charge in [-0.1, -0.05) is 67.3 Å². The van der Waals surface area contributed by atoms with Gasteiger partial charge in [0.05, 0.1) is 10.7 Å². The minimum Gasteiger partial charge on any atom is -0.331 e.